The Morgan fingerprint density at radius 1 is 0.405 bits per heavy atom. The summed E-state index contributed by atoms with van der Waals surface area (Å²) in [6, 6.07) is 86.7. The van der Waals surface area contributed by atoms with E-state index in [2.05, 4.69) is 239 Å². The van der Waals surface area contributed by atoms with E-state index in [1.807, 2.05) is 87.5 Å². The summed E-state index contributed by atoms with van der Waals surface area (Å²) in [5, 5.41) is 13.9. The van der Waals surface area contributed by atoms with E-state index in [0.717, 1.165) is 12.0 Å². The molecule has 0 aliphatic rings. The normalized spacial score (nSPS) is 9.96. The summed E-state index contributed by atoms with van der Waals surface area (Å²) in [7, 11) is 0. The molecule has 2 nitrogen and oxygen atoms in total. The summed E-state index contributed by atoms with van der Waals surface area (Å²) in [6.07, 6.45) is 13.6. The van der Waals surface area contributed by atoms with Crippen molar-refractivity contribution in [3.8, 4) is 6.07 Å². The van der Waals surface area contributed by atoms with Crippen LogP contribution in [0, 0.1) is 45.6 Å². The topological polar surface area (TPSA) is 28.1 Å². The predicted octanol–water partition coefficient (Wildman–Crippen LogP) is 20.6. The average molecular weight is 963 g/mol. The van der Waals surface area contributed by atoms with E-state index < -0.39 is 0 Å². The Kier molecular flexibility index (Phi) is 26.6. The zero-order valence-corrected chi connectivity index (χ0v) is 44.2. The molecule has 0 aliphatic carbocycles. The van der Waals surface area contributed by atoms with Gasteiger partial charge < -0.3 is 0 Å². The maximum atomic E-state index is 8.53. The van der Waals surface area contributed by atoms with Crippen LogP contribution in [0.4, 0.5) is 5.69 Å². The minimum atomic E-state index is 0.529. The molecule has 0 spiro atoms. The van der Waals surface area contributed by atoms with Crippen molar-refractivity contribution in [2.45, 2.75) is 54.9 Å². The third-order valence-electron chi connectivity index (χ3n) is 11.1. The van der Waals surface area contributed by atoms with E-state index in [9.17, 15) is 0 Å². The fourth-order valence-electron chi connectivity index (χ4n) is 7.25. The van der Waals surface area contributed by atoms with Crippen LogP contribution in [0.25, 0.3) is 50.7 Å². The van der Waals surface area contributed by atoms with Crippen LogP contribution in [-0.4, -0.2) is 0 Å². The van der Waals surface area contributed by atoms with Crippen molar-refractivity contribution in [1.29, 1.82) is 5.26 Å². The molecule has 0 saturated heterocycles. The quantitative estimate of drug-likeness (QED) is 0.125. The van der Waals surface area contributed by atoms with Crippen molar-refractivity contribution in [1.82, 2.24) is 0 Å². The van der Waals surface area contributed by atoms with Gasteiger partial charge in [0.15, 0.2) is 5.69 Å². The largest absolute Gasteiger partial charge is 0.238 e. The number of nitriles is 1. The van der Waals surface area contributed by atoms with Gasteiger partial charge in [-0.05, 0) is 115 Å². The first-order valence-corrected chi connectivity index (χ1v) is 25.1. The zero-order valence-electron chi connectivity index (χ0n) is 44.2. The Hall–Kier alpha value is -9.08. The van der Waals surface area contributed by atoms with Crippen LogP contribution >= 0.6 is 0 Å². The molecule has 0 heterocycles. The number of aryl methyl sites for hydroxylation is 5. The maximum Gasteiger partial charge on any atom is 0.188 e. The summed E-state index contributed by atoms with van der Waals surface area (Å²) >= 11 is 0. The Morgan fingerprint density at radius 3 is 1.34 bits per heavy atom. The number of fused-ring (bicyclic) bond motifs is 2. The second-order valence-electron chi connectivity index (χ2n) is 17.2. The van der Waals surface area contributed by atoms with E-state index in [4.69, 9.17) is 11.8 Å². The van der Waals surface area contributed by atoms with E-state index in [1.165, 1.54) is 66.1 Å². The summed E-state index contributed by atoms with van der Waals surface area (Å²) in [4.78, 5) is 3.24. The summed E-state index contributed by atoms with van der Waals surface area (Å²) < 4.78 is 0. The van der Waals surface area contributed by atoms with Crippen molar-refractivity contribution < 1.29 is 0 Å². The van der Waals surface area contributed by atoms with Gasteiger partial charge in [-0.1, -0.05) is 297 Å². The maximum absolute atomic E-state index is 8.53. The van der Waals surface area contributed by atoms with Gasteiger partial charge in [-0.15, -0.1) is 0 Å². The van der Waals surface area contributed by atoms with Crippen LogP contribution in [-0.2, 0) is 6.42 Å². The summed E-state index contributed by atoms with van der Waals surface area (Å²) in [5.41, 5.74) is 12.4. The first-order chi connectivity index (χ1) is 36.1. The van der Waals surface area contributed by atoms with Crippen LogP contribution in [0.5, 0.6) is 0 Å². The van der Waals surface area contributed by atoms with E-state index >= 15 is 0 Å². The van der Waals surface area contributed by atoms with Crippen molar-refractivity contribution in [3.63, 3.8) is 0 Å². The third-order valence-corrected chi connectivity index (χ3v) is 11.1. The second-order valence-corrected chi connectivity index (χ2v) is 17.2. The lowest BCUT2D eigenvalue weighted by molar-refractivity contribution is 1.14. The van der Waals surface area contributed by atoms with Gasteiger partial charge in [0.25, 0.3) is 0 Å². The number of hydrogen-bond acceptors (Lipinski definition) is 1. The Balaban J connectivity index is 0.000000189. The highest BCUT2D eigenvalue weighted by Gasteiger charge is 1.96. The molecule has 10 aromatic rings. The van der Waals surface area contributed by atoms with Crippen molar-refractivity contribution in [2.75, 3.05) is 0 Å². The molecule has 0 bridgehead atoms. The average Bonchev–Trinajstić information content (AvgIpc) is 3.45. The Labute approximate surface area is 443 Å². The van der Waals surface area contributed by atoms with Crippen LogP contribution in [0.1, 0.15) is 76.4 Å². The molecular formula is C72H70N2. The lowest BCUT2D eigenvalue weighted by Gasteiger charge is -1.98. The molecule has 0 aliphatic heterocycles. The molecular weight excluding hydrogens is 893 g/mol. The molecule has 74 heavy (non-hydrogen) atoms. The molecule has 0 unspecified atom stereocenters. The lowest BCUT2D eigenvalue weighted by atomic mass is 10.1. The molecule has 0 fully saturated rings. The number of rotatable bonds is 5. The number of nitrogens with zero attached hydrogens (tertiary/aromatic N) is 2. The van der Waals surface area contributed by atoms with Gasteiger partial charge >= 0.3 is 0 Å². The van der Waals surface area contributed by atoms with Gasteiger partial charge in [0, 0.05) is 5.56 Å². The van der Waals surface area contributed by atoms with Gasteiger partial charge in [-0.3, -0.25) is 0 Å². The number of hydrogen-bond donors (Lipinski definition) is 0. The second kappa shape index (κ2) is 34.3. The monoisotopic (exact) mass is 963 g/mol. The van der Waals surface area contributed by atoms with Gasteiger partial charge in [0.2, 0.25) is 0 Å². The molecule has 2 heteroatoms. The molecule has 0 N–H and O–H groups in total. The van der Waals surface area contributed by atoms with Gasteiger partial charge in [-0.25, -0.2) is 4.85 Å². The SMILES string of the molecule is C/C=C/c1ccccc1.C/C=C\c1ccccc1.CCc1ccccc1.Cc1ccc(/C=C/c2ccccc2)cc1.Cc1ccc2ccccc2c1.Cc1cccc2ccccc12.[C-]#[N+]c1cc(C)cc(C#N)c1. The number of benzene rings is 10. The van der Waals surface area contributed by atoms with Crippen LogP contribution < -0.4 is 0 Å². The standard InChI is InChI=1S/C15H14.2C11H10.C9H6N2.2C9H10.C8H10/c1-13-7-9-15(10-8-13)12-11-14-5-3-2-4-6-14;1-9-5-4-7-10-6-2-3-8-11(9)10;1-9-6-7-10-4-2-3-5-11(10)8-9;1-7-3-8(6-10)5-9(4-7)11-2;2*1-2-6-9-7-4-3-5-8-9;1-2-8-6-4-3-5-7-8/h2-12H,1H3;2*2-8H,1H3;3-5H,1H3;2*2-8H,1H3;3-7H,2H2,1H3/b12-11+;;;;6-2+;6-2-;. The van der Waals surface area contributed by atoms with Crippen molar-refractivity contribution in [3.05, 3.63) is 328 Å². The summed E-state index contributed by atoms with van der Waals surface area (Å²) in [5.74, 6) is 0. The predicted molar refractivity (Wildman–Crippen MR) is 324 cm³/mol. The molecule has 0 saturated carbocycles. The summed E-state index contributed by atoms with van der Waals surface area (Å²) in [6.45, 7) is 21.2. The highest BCUT2D eigenvalue weighted by molar-refractivity contribution is 5.85. The Morgan fingerprint density at radius 2 is 0.851 bits per heavy atom. The molecule has 0 atom stereocenters. The highest BCUT2D eigenvalue weighted by atomic mass is 14.6. The van der Waals surface area contributed by atoms with Crippen LogP contribution in [0.2, 0.25) is 0 Å². The molecule has 10 aromatic carbocycles. The van der Waals surface area contributed by atoms with Crippen LogP contribution in [0.3, 0.4) is 0 Å². The zero-order chi connectivity index (χ0) is 53.0. The molecule has 0 aromatic heterocycles. The van der Waals surface area contributed by atoms with Gasteiger partial charge in [0.05, 0.1) is 12.6 Å². The minimum Gasteiger partial charge on any atom is -0.238 e. The van der Waals surface area contributed by atoms with Gasteiger partial charge in [-0.2, -0.15) is 5.26 Å². The first kappa shape index (κ1) is 57.5. The van der Waals surface area contributed by atoms with E-state index in [-0.39, 0.29) is 0 Å². The minimum absolute atomic E-state index is 0.529. The highest BCUT2D eigenvalue weighted by Crippen LogP contribution is 2.18. The fourth-order valence-corrected chi connectivity index (χ4v) is 7.25. The van der Waals surface area contributed by atoms with E-state index in [0.29, 0.717) is 11.3 Å². The van der Waals surface area contributed by atoms with Gasteiger partial charge in [0.1, 0.15) is 0 Å². The Bertz CT molecular complexity index is 3210. The van der Waals surface area contributed by atoms with Crippen LogP contribution in [0.15, 0.2) is 261 Å². The van der Waals surface area contributed by atoms with Crippen molar-refractivity contribution >= 4 is 51.5 Å². The smallest absolute Gasteiger partial charge is 0.188 e. The number of allylic oxidation sites excluding steroid dienone is 2. The van der Waals surface area contributed by atoms with E-state index in [1.54, 1.807) is 18.2 Å². The molecule has 368 valence electrons. The molecule has 0 amide bonds. The lowest BCUT2D eigenvalue weighted by Crippen LogP contribution is -1.75. The third kappa shape index (κ3) is 22.8. The molecule has 0 radical (unpaired) electrons. The van der Waals surface area contributed by atoms with Crippen molar-refractivity contribution in [2.24, 2.45) is 0 Å². The molecule has 10 rings (SSSR count). The fraction of sp³-hybridized carbons (Fsp3) is 0.111. The first-order valence-electron chi connectivity index (χ1n) is 25.1.